The normalized spacial score (nSPS) is 21.9. The second kappa shape index (κ2) is 5.83. The Balaban J connectivity index is 1.73. The summed E-state index contributed by atoms with van der Waals surface area (Å²) in [5.74, 6) is -4.02. The van der Waals surface area contributed by atoms with Crippen LogP contribution in [0.4, 0.5) is 13.6 Å². The molecule has 7 nitrogen and oxygen atoms in total. The Kier molecular flexibility index (Phi) is 4.10. The number of halogens is 3. The van der Waals surface area contributed by atoms with Crippen molar-refractivity contribution in [3.8, 4) is 0 Å². The lowest BCUT2D eigenvalue weighted by atomic mass is 9.80. The van der Waals surface area contributed by atoms with E-state index in [0.717, 1.165) is 4.90 Å². The van der Waals surface area contributed by atoms with Crippen LogP contribution in [0.25, 0.3) is 0 Å². The number of rotatable bonds is 3. The standard InChI is InChI=1S/C14H13BrF2N4O3/c15-10-6-18-8(5-19-10)9(22)7-21-11(23)13(20-12(21)24)1-3-14(16,17)4-2-13/h5-6H,1-4,7H2,(H,20,24). The molecule has 0 unspecified atom stereocenters. The summed E-state index contributed by atoms with van der Waals surface area (Å²) < 4.78 is 27.1. The minimum absolute atomic E-state index is 0.00919. The van der Waals surface area contributed by atoms with E-state index in [0.29, 0.717) is 4.60 Å². The number of ketones is 1. The summed E-state index contributed by atoms with van der Waals surface area (Å²) in [6.07, 6.45) is 1.31. The number of carbonyl (C=O) groups is 3. The molecule has 2 aliphatic rings. The van der Waals surface area contributed by atoms with Gasteiger partial charge in [-0.05, 0) is 28.8 Å². The van der Waals surface area contributed by atoms with Crippen LogP contribution in [0.15, 0.2) is 17.0 Å². The second-order valence-electron chi connectivity index (χ2n) is 5.91. The molecule has 24 heavy (non-hydrogen) atoms. The Morgan fingerprint density at radius 3 is 2.46 bits per heavy atom. The van der Waals surface area contributed by atoms with Crippen LogP contribution in [0.5, 0.6) is 0 Å². The number of imide groups is 1. The first-order valence-corrected chi connectivity index (χ1v) is 8.04. The van der Waals surface area contributed by atoms with E-state index in [2.05, 4.69) is 31.2 Å². The fourth-order valence-corrected chi connectivity index (χ4v) is 3.09. The van der Waals surface area contributed by atoms with Gasteiger partial charge in [-0.3, -0.25) is 14.5 Å². The molecule has 1 saturated carbocycles. The molecule has 1 spiro atoms. The van der Waals surface area contributed by atoms with E-state index in [-0.39, 0.29) is 18.5 Å². The van der Waals surface area contributed by atoms with Crippen LogP contribution in [0.3, 0.4) is 0 Å². The lowest BCUT2D eigenvalue weighted by molar-refractivity contribution is -0.135. The van der Waals surface area contributed by atoms with Gasteiger partial charge in [-0.2, -0.15) is 0 Å². The summed E-state index contributed by atoms with van der Waals surface area (Å²) >= 11 is 3.08. The van der Waals surface area contributed by atoms with Gasteiger partial charge < -0.3 is 5.32 Å². The van der Waals surface area contributed by atoms with Crippen LogP contribution >= 0.6 is 15.9 Å². The second-order valence-corrected chi connectivity index (χ2v) is 6.72. The molecule has 2 fully saturated rings. The van der Waals surface area contributed by atoms with E-state index in [1.54, 1.807) is 0 Å². The van der Waals surface area contributed by atoms with E-state index in [9.17, 15) is 23.2 Å². The molecule has 1 N–H and O–H groups in total. The predicted octanol–water partition coefficient (Wildman–Crippen LogP) is 1.92. The molecule has 128 valence electrons. The smallest absolute Gasteiger partial charge is 0.323 e. The van der Waals surface area contributed by atoms with E-state index >= 15 is 0 Å². The molecule has 0 radical (unpaired) electrons. The molecule has 3 amide bonds. The van der Waals surface area contributed by atoms with E-state index in [1.165, 1.54) is 12.4 Å². The number of Topliss-reactive ketones (excluding diaryl/α,β-unsaturated/α-hetero) is 1. The van der Waals surface area contributed by atoms with Crippen LogP contribution in [-0.4, -0.2) is 50.6 Å². The molecule has 1 aromatic heterocycles. The number of aromatic nitrogens is 2. The van der Waals surface area contributed by atoms with Gasteiger partial charge in [0.15, 0.2) is 0 Å². The van der Waals surface area contributed by atoms with Crippen LogP contribution in [0.1, 0.15) is 36.2 Å². The van der Waals surface area contributed by atoms with E-state index in [1.807, 2.05) is 0 Å². The zero-order valence-electron chi connectivity index (χ0n) is 12.4. The van der Waals surface area contributed by atoms with Crippen LogP contribution in [0.2, 0.25) is 0 Å². The summed E-state index contributed by atoms with van der Waals surface area (Å²) in [5.41, 5.74) is -1.32. The zero-order chi connectivity index (χ0) is 17.5. The predicted molar refractivity (Wildman–Crippen MR) is 80.5 cm³/mol. The Morgan fingerprint density at radius 1 is 1.21 bits per heavy atom. The third kappa shape index (κ3) is 3.02. The van der Waals surface area contributed by atoms with Gasteiger partial charge >= 0.3 is 6.03 Å². The van der Waals surface area contributed by atoms with Gasteiger partial charge in [-0.25, -0.2) is 23.5 Å². The highest BCUT2D eigenvalue weighted by Crippen LogP contribution is 2.41. The average Bonchev–Trinajstić information content (AvgIpc) is 2.76. The number of amides is 3. The van der Waals surface area contributed by atoms with Crippen molar-refractivity contribution in [3.05, 3.63) is 22.7 Å². The molecule has 0 bridgehead atoms. The topological polar surface area (TPSA) is 92.3 Å². The fraction of sp³-hybridized carbons (Fsp3) is 0.500. The van der Waals surface area contributed by atoms with Crippen LogP contribution < -0.4 is 5.32 Å². The maximum atomic E-state index is 13.3. The highest BCUT2D eigenvalue weighted by molar-refractivity contribution is 9.10. The maximum Gasteiger partial charge on any atom is 0.325 e. The van der Waals surface area contributed by atoms with Gasteiger partial charge in [0, 0.05) is 12.8 Å². The van der Waals surface area contributed by atoms with Gasteiger partial charge in [0.25, 0.3) is 5.91 Å². The van der Waals surface area contributed by atoms with Gasteiger partial charge in [0.05, 0.1) is 18.9 Å². The van der Waals surface area contributed by atoms with Crippen molar-refractivity contribution >= 4 is 33.7 Å². The third-order valence-electron chi connectivity index (χ3n) is 4.29. The van der Waals surface area contributed by atoms with Crippen molar-refractivity contribution in [3.63, 3.8) is 0 Å². The SMILES string of the molecule is O=C(CN1C(=O)NC2(CCC(F)(F)CC2)C1=O)c1cnc(Br)cn1. The van der Waals surface area contributed by atoms with Crippen molar-refractivity contribution in [2.45, 2.75) is 37.1 Å². The average molecular weight is 403 g/mol. The van der Waals surface area contributed by atoms with Crippen molar-refractivity contribution in [1.82, 2.24) is 20.2 Å². The van der Waals surface area contributed by atoms with Crippen LogP contribution in [-0.2, 0) is 4.79 Å². The first-order chi connectivity index (χ1) is 11.2. The van der Waals surface area contributed by atoms with Crippen LogP contribution in [0, 0.1) is 0 Å². The third-order valence-corrected chi connectivity index (χ3v) is 4.70. The number of hydrogen-bond acceptors (Lipinski definition) is 5. The Bertz CT molecular complexity index is 700. The summed E-state index contributed by atoms with van der Waals surface area (Å²) in [7, 11) is 0. The zero-order valence-corrected chi connectivity index (χ0v) is 14.0. The highest BCUT2D eigenvalue weighted by Gasteiger charge is 2.55. The van der Waals surface area contributed by atoms with Gasteiger partial charge in [-0.15, -0.1) is 0 Å². The maximum absolute atomic E-state index is 13.3. The molecule has 1 saturated heterocycles. The minimum Gasteiger partial charge on any atom is -0.323 e. The van der Waals surface area contributed by atoms with Crippen molar-refractivity contribution < 1.29 is 23.2 Å². The molecule has 3 rings (SSSR count). The van der Waals surface area contributed by atoms with Crippen molar-refractivity contribution in [2.75, 3.05) is 6.54 Å². The molecule has 0 atom stereocenters. The van der Waals surface area contributed by atoms with Crippen molar-refractivity contribution in [2.24, 2.45) is 0 Å². The van der Waals surface area contributed by atoms with E-state index < -0.39 is 48.6 Å². The molecular formula is C14H13BrF2N4O3. The van der Waals surface area contributed by atoms with Gasteiger partial charge in [0.1, 0.15) is 15.8 Å². The monoisotopic (exact) mass is 402 g/mol. The summed E-state index contributed by atoms with van der Waals surface area (Å²) in [4.78, 5) is 45.2. The number of alkyl halides is 2. The largest absolute Gasteiger partial charge is 0.325 e. The molecule has 10 heteroatoms. The number of nitrogens with zero attached hydrogens (tertiary/aromatic N) is 3. The van der Waals surface area contributed by atoms with E-state index in [4.69, 9.17) is 0 Å². The summed E-state index contributed by atoms with van der Waals surface area (Å²) in [6, 6.07) is -0.747. The Morgan fingerprint density at radius 2 is 1.88 bits per heavy atom. The molecule has 1 aliphatic heterocycles. The quantitative estimate of drug-likeness (QED) is 0.615. The highest BCUT2D eigenvalue weighted by atomic mass is 79.9. The molecule has 1 aromatic rings. The number of carbonyl (C=O) groups excluding carboxylic acids is 3. The number of nitrogens with one attached hydrogen (secondary N) is 1. The Hall–Kier alpha value is -1.97. The van der Waals surface area contributed by atoms with Gasteiger partial charge in [0.2, 0.25) is 11.7 Å². The molecule has 0 aromatic carbocycles. The molecule has 2 heterocycles. The summed E-state index contributed by atoms with van der Waals surface area (Å²) in [5, 5.41) is 2.48. The first-order valence-electron chi connectivity index (χ1n) is 7.25. The Labute approximate surface area is 144 Å². The lowest BCUT2D eigenvalue weighted by Crippen LogP contribution is -2.51. The minimum atomic E-state index is -2.83. The fourth-order valence-electron chi connectivity index (χ4n) is 2.88. The first kappa shape index (κ1) is 16.9. The van der Waals surface area contributed by atoms with Gasteiger partial charge in [-0.1, -0.05) is 0 Å². The molecular weight excluding hydrogens is 390 g/mol. The lowest BCUT2D eigenvalue weighted by Gasteiger charge is -2.34. The molecule has 1 aliphatic carbocycles. The van der Waals surface area contributed by atoms with Crippen molar-refractivity contribution in [1.29, 1.82) is 0 Å². The number of hydrogen-bond donors (Lipinski definition) is 1. The summed E-state index contributed by atoms with van der Waals surface area (Å²) in [6.45, 7) is -0.501. The number of urea groups is 1.